The summed E-state index contributed by atoms with van der Waals surface area (Å²) < 4.78 is 0. The predicted octanol–water partition coefficient (Wildman–Crippen LogP) is 6.96. The fourth-order valence-corrected chi connectivity index (χ4v) is 10.5. The molecule has 0 heterocycles. The molecule has 0 aromatic carbocycles. The zero-order chi connectivity index (χ0) is 18.8. The van der Waals surface area contributed by atoms with Gasteiger partial charge in [-0.15, -0.1) is 0 Å². The minimum Gasteiger partial charge on any atom is -0.311 e. The Kier molecular flexibility index (Phi) is 4.67. The number of hydrogen-bond acceptors (Lipinski definition) is 1. The van der Waals surface area contributed by atoms with E-state index in [1.165, 1.54) is 45.1 Å². The maximum Gasteiger partial charge on any atom is 0.0189 e. The van der Waals surface area contributed by atoms with Crippen molar-refractivity contribution in [2.24, 2.45) is 46.8 Å². The van der Waals surface area contributed by atoms with E-state index in [2.05, 4.69) is 12.2 Å². The highest BCUT2D eigenvalue weighted by Gasteiger charge is 2.51. The molecule has 0 aliphatic heterocycles. The quantitative estimate of drug-likeness (QED) is 0.478. The summed E-state index contributed by atoms with van der Waals surface area (Å²) in [5.41, 5.74) is 1.38. The summed E-state index contributed by atoms with van der Waals surface area (Å²) >= 11 is 0. The smallest absolute Gasteiger partial charge is 0.0189 e. The summed E-state index contributed by atoms with van der Waals surface area (Å²) in [6.07, 6.45) is 24.9. The molecule has 8 rings (SSSR count). The van der Waals surface area contributed by atoms with Gasteiger partial charge in [-0.25, -0.2) is 0 Å². The Morgan fingerprint density at radius 1 is 0.679 bits per heavy atom. The van der Waals surface area contributed by atoms with Crippen molar-refractivity contribution in [3.8, 4) is 0 Å². The van der Waals surface area contributed by atoms with Crippen LogP contribution in [0.25, 0.3) is 0 Å². The molecule has 1 nitrogen and oxygen atoms in total. The Morgan fingerprint density at radius 2 is 1.14 bits per heavy atom. The summed E-state index contributed by atoms with van der Waals surface area (Å²) in [5.74, 6) is 7.61. The van der Waals surface area contributed by atoms with Gasteiger partial charge in [0.05, 0.1) is 0 Å². The molecule has 8 saturated carbocycles. The van der Waals surface area contributed by atoms with Crippen LogP contribution in [-0.4, -0.2) is 12.1 Å². The monoisotopic (exact) mass is 383 g/mol. The Bertz CT molecular complexity index is 506. The Labute approximate surface area is 174 Å². The zero-order valence-corrected chi connectivity index (χ0v) is 18.6. The van der Waals surface area contributed by atoms with Gasteiger partial charge in [0, 0.05) is 5.54 Å². The second kappa shape index (κ2) is 7.00. The Morgan fingerprint density at radius 3 is 1.61 bits per heavy atom. The molecule has 8 bridgehead atoms. The second-order valence-electron chi connectivity index (χ2n) is 13.1. The molecule has 1 heteroatoms. The molecule has 8 aliphatic carbocycles. The summed E-state index contributed by atoms with van der Waals surface area (Å²) in [7, 11) is 0. The van der Waals surface area contributed by atoms with Crippen molar-refractivity contribution >= 4 is 0 Å². The summed E-state index contributed by atoms with van der Waals surface area (Å²) in [4.78, 5) is 0. The van der Waals surface area contributed by atoms with Gasteiger partial charge in [-0.3, -0.25) is 0 Å². The third-order valence-corrected chi connectivity index (χ3v) is 10.9. The van der Waals surface area contributed by atoms with Crippen LogP contribution in [-0.2, 0) is 0 Å². The van der Waals surface area contributed by atoms with E-state index in [1.54, 1.807) is 64.2 Å². The average Bonchev–Trinajstić information content (AvgIpc) is 2.62. The molecule has 8 aliphatic rings. The first-order chi connectivity index (χ1) is 13.6. The highest BCUT2D eigenvalue weighted by atomic mass is 15.0. The predicted molar refractivity (Wildman–Crippen MR) is 117 cm³/mol. The van der Waals surface area contributed by atoms with E-state index in [-0.39, 0.29) is 0 Å². The fraction of sp³-hybridized carbons (Fsp3) is 1.00. The second-order valence-corrected chi connectivity index (χ2v) is 13.1. The minimum absolute atomic E-state index is 0.576. The van der Waals surface area contributed by atoms with Crippen molar-refractivity contribution in [1.82, 2.24) is 5.32 Å². The first-order valence-electron chi connectivity index (χ1n) is 13.4. The van der Waals surface area contributed by atoms with Crippen LogP contribution in [0.2, 0.25) is 0 Å². The van der Waals surface area contributed by atoms with Crippen molar-refractivity contribution in [2.75, 3.05) is 6.54 Å². The van der Waals surface area contributed by atoms with Gasteiger partial charge in [0.2, 0.25) is 0 Å². The lowest BCUT2D eigenvalue weighted by Gasteiger charge is -2.57. The summed E-state index contributed by atoms with van der Waals surface area (Å²) in [5, 5.41) is 4.19. The van der Waals surface area contributed by atoms with Crippen molar-refractivity contribution in [2.45, 2.75) is 115 Å². The third-order valence-electron chi connectivity index (χ3n) is 10.9. The molecule has 1 N–H and O–H groups in total. The van der Waals surface area contributed by atoms with Crippen molar-refractivity contribution in [3.63, 3.8) is 0 Å². The largest absolute Gasteiger partial charge is 0.311 e. The van der Waals surface area contributed by atoms with Crippen LogP contribution >= 0.6 is 0 Å². The number of hydrogen-bond donors (Lipinski definition) is 1. The van der Waals surface area contributed by atoms with Crippen LogP contribution in [0.4, 0.5) is 0 Å². The first kappa shape index (κ1) is 18.7. The van der Waals surface area contributed by atoms with Gasteiger partial charge in [0.1, 0.15) is 0 Å². The van der Waals surface area contributed by atoms with Gasteiger partial charge in [0.25, 0.3) is 0 Å². The van der Waals surface area contributed by atoms with E-state index in [1.807, 2.05) is 0 Å². The molecule has 8 fully saturated rings. The molecule has 0 aromatic rings. The highest BCUT2D eigenvalue weighted by Crippen LogP contribution is 2.62. The molecule has 0 radical (unpaired) electrons. The van der Waals surface area contributed by atoms with Gasteiger partial charge in [-0.1, -0.05) is 13.3 Å². The SMILES string of the molecule is CCC(CCNC12CC3CC(CC(C3)C1)C2)CCC12CC3CC(CC(C3)C1)C2. The van der Waals surface area contributed by atoms with Crippen LogP contribution in [0.15, 0.2) is 0 Å². The zero-order valence-electron chi connectivity index (χ0n) is 18.6. The van der Waals surface area contributed by atoms with Gasteiger partial charge < -0.3 is 5.32 Å². The fourth-order valence-electron chi connectivity index (χ4n) is 10.5. The van der Waals surface area contributed by atoms with E-state index in [0.29, 0.717) is 5.54 Å². The van der Waals surface area contributed by atoms with Gasteiger partial charge in [0.15, 0.2) is 0 Å². The van der Waals surface area contributed by atoms with E-state index in [0.717, 1.165) is 46.8 Å². The summed E-state index contributed by atoms with van der Waals surface area (Å²) in [6, 6.07) is 0. The van der Waals surface area contributed by atoms with Crippen molar-refractivity contribution < 1.29 is 0 Å². The molecular weight excluding hydrogens is 338 g/mol. The van der Waals surface area contributed by atoms with Gasteiger partial charge in [-0.2, -0.15) is 0 Å². The van der Waals surface area contributed by atoms with Gasteiger partial charge in [-0.05, 0) is 150 Å². The van der Waals surface area contributed by atoms with Crippen molar-refractivity contribution in [1.29, 1.82) is 0 Å². The maximum atomic E-state index is 4.19. The molecule has 0 saturated heterocycles. The van der Waals surface area contributed by atoms with Crippen LogP contribution in [0.3, 0.4) is 0 Å². The van der Waals surface area contributed by atoms with E-state index in [9.17, 15) is 0 Å². The van der Waals surface area contributed by atoms with Crippen LogP contribution in [0, 0.1) is 46.8 Å². The topological polar surface area (TPSA) is 12.0 Å². The molecule has 0 amide bonds. The summed E-state index contributed by atoms with van der Waals surface area (Å²) in [6.45, 7) is 3.78. The molecule has 0 aromatic heterocycles. The molecule has 1 atom stereocenters. The highest BCUT2D eigenvalue weighted by molar-refractivity contribution is 5.06. The van der Waals surface area contributed by atoms with Crippen molar-refractivity contribution in [3.05, 3.63) is 0 Å². The lowest BCUT2D eigenvalue weighted by atomic mass is 9.48. The average molecular weight is 384 g/mol. The van der Waals surface area contributed by atoms with Crippen LogP contribution < -0.4 is 5.32 Å². The number of rotatable bonds is 8. The molecule has 1 unspecified atom stereocenters. The lowest BCUT2D eigenvalue weighted by molar-refractivity contribution is -0.0603. The standard InChI is InChI=1S/C27H45N/c1-2-19(3-5-26-13-20-7-21(14-26)9-22(8-20)15-26)4-6-28-27-16-23-10-24(17-27)12-25(11-23)18-27/h19-25,28H,2-18H2,1H3. The maximum absolute atomic E-state index is 4.19. The molecule has 0 spiro atoms. The lowest BCUT2D eigenvalue weighted by Crippen LogP contribution is -2.58. The minimum atomic E-state index is 0.576. The Hall–Kier alpha value is -0.0400. The van der Waals surface area contributed by atoms with E-state index >= 15 is 0 Å². The molecule has 158 valence electrons. The Balaban J connectivity index is 1.00. The van der Waals surface area contributed by atoms with Gasteiger partial charge >= 0.3 is 0 Å². The normalized spacial score (nSPS) is 51.8. The van der Waals surface area contributed by atoms with E-state index < -0.39 is 0 Å². The van der Waals surface area contributed by atoms with Crippen LogP contribution in [0.1, 0.15) is 110 Å². The van der Waals surface area contributed by atoms with Crippen LogP contribution in [0.5, 0.6) is 0 Å². The molecular formula is C27H45N. The first-order valence-corrected chi connectivity index (χ1v) is 13.4. The number of nitrogens with one attached hydrogen (secondary N) is 1. The third kappa shape index (κ3) is 3.40. The molecule has 28 heavy (non-hydrogen) atoms. The van der Waals surface area contributed by atoms with E-state index in [4.69, 9.17) is 0 Å².